The maximum absolute atomic E-state index is 14.7. The first-order valence-corrected chi connectivity index (χ1v) is 26.4. The molecular formula is C51H79NO11Si. The average Bonchev–Trinajstić information content (AvgIpc) is 3.70. The number of phenolic OH excluding ortho intramolecular Hbond substituents is 1. The molecule has 3 rings (SSSR count). The van der Waals surface area contributed by atoms with Gasteiger partial charge in [-0.1, -0.05) is 121 Å². The minimum Gasteiger partial charge on any atom is -0.508 e. The number of benzene rings is 2. The number of esters is 2. The van der Waals surface area contributed by atoms with E-state index in [2.05, 4.69) is 46.1 Å². The Labute approximate surface area is 384 Å². The zero-order valence-corrected chi connectivity index (χ0v) is 41.3. The highest BCUT2D eigenvalue weighted by molar-refractivity contribution is 6.74. The first kappa shape index (κ1) is 54.5. The van der Waals surface area contributed by atoms with E-state index in [4.69, 9.17) is 23.4 Å². The van der Waals surface area contributed by atoms with Crippen molar-refractivity contribution in [3.8, 4) is 5.75 Å². The molecule has 1 heterocycles. The van der Waals surface area contributed by atoms with Crippen LogP contribution in [0.25, 0.3) is 0 Å². The number of allylic oxidation sites excluding steroid dienone is 1. The van der Waals surface area contributed by atoms with Crippen LogP contribution in [-0.4, -0.2) is 91.6 Å². The van der Waals surface area contributed by atoms with E-state index in [1.54, 1.807) is 69.3 Å². The first-order chi connectivity index (χ1) is 30.1. The highest BCUT2D eigenvalue weighted by Crippen LogP contribution is 2.38. The van der Waals surface area contributed by atoms with Gasteiger partial charge in [-0.2, -0.15) is 0 Å². The van der Waals surface area contributed by atoms with E-state index in [9.17, 15) is 29.4 Å². The van der Waals surface area contributed by atoms with Gasteiger partial charge in [-0.25, -0.2) is 9.59 Å². The van der Waals surface area contributed by atoms with E-state index >= 15 is 0 Å². The Bertz CT molecular complexity index is 1760. The summed E-state index contributed by atoms with van der Waals surface area (Å²) in [5, 5.41) is 25.1. The number of carbonyl (C=O) groups is 4. The summed E-state index contributed by atoms with van der Waals surface area (Å²) in [5.74, 6) is -5.11. The van der Waals surface area contributed by atoms with Crippen molar-refractivity contribution in [2.24, 2.45) is 5.92 Å². The van der Waals surface area contributed by atoms with Gasteiger partial charge >= 0.3 is 11.9 Å². The Hall–Kier alpha value is -3.88. The average molecular weight is 910 g/mol. The van der Waals surface area contributed by atoms with Crippen molar-refractivity contribution in [3.05, 3.63) is 77.9 Å². The summed E-state index contributed by atoms with van der Waals surface area (Å²) in [5.41, 5.74) is -2.47. The lowest BCUT2D eigenvalue weighted by Gasteiger charge is -2.38. The quantitative estimate of drug-likeness (QED) is 0.0245. The fourth-order valence-electron chi connectivity index (χ4n) is 7.31. The van der Waals surface area contributed by atoms with Crippen LogP contribution < -0.4 is 5.32 Å². The molecule has 0 unspecified atom stereocenters. The van der Waals surface area contributed by atoms with Gasteiger partial charge in [-0.15, -0.1) is 0 Å². The molecule has 358 valence electrons. The van der Waals surface area contributed by atoms with Crippen LogP contribution in [0, 0.1) is 5.92 Å². The molecule has 1 amide bonds. The number of nitrogens with one attached hydrogen (secondary N) is 1. The van der Waals surface area contributed by atoms with Crippen molar-refractivity contribution in [2.75, 3.05) is 26.4 Å². The van der Waals surface area contributed by atoms with Gasteiger partial charge in [0.25, 0.3) is 0 Å². The second kappa shape index (κ2) is 25.7. The summed E-state index contributed by atoms with van der Waals surface area (Å²) >= 11 is 0. The summed E-state index contributed by atoms with van der Waals surface area (Å²) < 4.78 is 29.9. The number of phenols is 1. The molecule has 3 N–H and O–H groups in total. The van der Waals surface area contributed by atoms with Crippen LogP contribution in [0.15, 0.2) is 66.7 Å². The first-order valence-electron chi connectivity index (χ1n) is 23.5. The summed E-state index contributed by atoms with van der Waals surface area (Å²) in [7, 11) is -2.36. The lowest BCUT2D eigenvalue weighted by molar-refractivity contribution is -0.185. The van der Waals surface area contributed by atoms with Gasteiger partial charge < -0.3 is 38.9 Å². The molecule has 1 aliphatic rings. The number of hydrogen-bond acceptors (Lipinski definition) is 11. The zero-order valence-electron chi connectivity index (χ0n) is 40.3. The molecule has 1 aliphatic heterocycles. The minimum absolute atomic E-state index is 0.0156. The molecular weight excluding hydrogens is 831 g/mol. The van der Waals surface area contributed by atoms with Crippen LogP contribution in [0.1, 0.15) is 148 Å². The number of Topliss-reactive ketones (excluding diaryl/α,β-unsaturated/α-hetero) is 1. The molecule has 64 heavy (non-hydrogen) atoms. The number of hydrogen-bond donors (Lipinski definition) is 3. The molecule has 2 aromatic rings. The zero-order chi connectivity index (χ0) is 47.4. The second-order valence-corrected chi connectivity index (χ2v) is 24.6. The molecule has 12 nitrogen and oxygen atoms in total. The van der Waals surface area contributed by atoms with Gasteiger partial charge in [0.1, 0.15) is 17.4 Å². The Kier molecular flexibility index (Phi) is 21.9. The number of unbranched alkanes of at least 4 members (excludes halogenated alkanes) is 8. The minimum atomic E-state index is -2.40. The molecule has 3 atom stereocenters. The van der Waals surface area contributed by atoms with Crippen LogP contribution in [0.3, 0.4) is 0 Å². The molecule has 1 saturated heterocycles. The van der Waals surface area contributed by atoms with E-state index in [1.807, 2.05) is 0 Å². The largest absolute Gasteiger partial charge is 0.508 e. The number of amides is 1. The third kappa shape index (κ3) is 18.2. The van der Waals surface area contributed by atoms with Crippen LogP contribution >= 0.6 is 0 Å². The van der Waals surface area contributed by atoms with Crippen molar-refractivity contribution in [3.63, 3.8) is 0 Å². The number of ether oxygens (including phenoxy) is 4. The molecule has 0 bridgehead atoms. The summed E-state index contributed by atoms with van der Waals surface area (Å²) in [4.78, 5) is 55.6. The number of rotatable bonds is 28. The number of aliphatic hydroxyl groups is 1. The molecule has 13 heteroatoms. The van der Waals surface area contributed by atoms with E-state index in [1.165, 1.54) is 43.9 Å². The number of ketones is 1. The Morgan fingerprint density at radius 3 is 2.02 bits per heavy atom. The van der Waals surface area contributed by atoms with Gasteiger partial charge in [-0.05, 0) is 82.3 Å². The molecule has 1 fully saturated rings. The predicted molar refractivity (Wildman–Crippen MR) is 252 cm³/mol. The standard InChI is InChI=1S/C51H79NO11Si/c1-10-11-12-16-22-31-50(60-35-36-61-50)32-23-17-14-13-15-21-26-42(51(58,47(57)63-48(2,3)4)33-34-62-64(8,9)49(5,6)7)45(55)52-43(37-39-27-29-41(53)30-28-39)46(56)59-38-44(54)40-24-19-18-20-25-40/h18-21,24-30,42-43,53,58H,10-17,22-23,31-38H2,1-9H3,(H,52,55)/b26-21+/t42-,43+,51+/m1/s1. The van der Waals surface area contributed by atoms with Crippen LogP contribution in [0.5, 0.6) is 5.75 Å². The van der Waals surface area contributed by atoms with Gasteiger partial charge in [0.05, 0.1) is 19.1 Å². The molecule has 2 aromatic carbocycles. The van der Waals surface area contributed by atoms with E-state index < -0.39 is 67.5 Å². The maximum atomic E-state index is 14.7. The van der Waals surface area contributed by atoms with Gasteiger partial charge in [0.2, 0.25) is 5.91 Å². The highest BCUT2D eigenvalue weighted by atomic mass is 28.4. The lowest BCUT2D eigenvalue weighted by Crippen LogP contribution is -2.57. The second-order valence-electron chi connectivity index (χ2n) is 19.7. The highest BCUT2D eigenvalue weighted by Gasteiger charge is 2.50. The summed E-state index contributed by atoms with van der Waals surface area (Å²) in [6, 6.07) is 13.2. The van der Waals surface area contributed by atoms with Crippen molar-refractivity contribution < 1.29 is 52.8 Å². The molecule has 0 aliphatic carbocycles. The predicted octanol–water partition coefficient (Wildman–Crippen LogP) is 9.95. The normalized spacial score (nSPS) is 16.2. The van der Waals surface area contributed by atoms with Gasteiger partial charge in [-0.3, -0.25) is 9.59 Å². The Morgan fingerprint density at radius 2 is 1.44 bits per heavy atom. The third-order valence-electron chi connectivity index (χ3n) is 12.2. The molecule has 0 spiro atoms. The van der Waals surface area contributed by atoms with Crippen molar-refractivity contribution in [2.45, 2.75) is 180 Å². The third-order valence-corrected chi connectivity index (χ3v) is 16.7. The van der Waals surface area contributed by atoms with Gasteiger partial charge in [0.15, 0.2) is 32.1 Å². The lowest BCUT2D eigenvalue weighted by atomic mass is 9.82. The fraction of sp³-hybridized carbons (Fsp3) is 0.647. The molecule has 0 aromatic heterocycles. The van der Waals surface area contributed by atoms with Crippen LogP contribution in [0.2, 0.25) is 18.1 Å². The molecule has 0 saturated carbocycles. The van der Waals surface area contributed by atoms with Crippen molar-refractivity contribution in [1.82, 2.24) is 5.32 Å². The Balaban J connectivity index is 1.87. The van der Waals surface area contributed by atoms with Crippen molar-refractivity contribution >= 4 is 31.9 Å². The number of carbonyl (C=O) groups excluding carboxylic acids is 4. The SMILES string of the molecule is CCCCCCCC1(CCCCCC/C=C/[C@H](C(=O)N[C@@H](Cc2ccc(O)cc2)C(=O)OCC(=O)c2ccccc2)[C@@](O)(CCO[Si](C)(C)C(C)(C)C)C(=O)OC(C)(C)C)OCCO1. The van der Waals surface area contributed by atoms with Gasteiger partial charge in [0, 0.05) is 37.9 Å². The number of aromatic hydroxyl groups is 1. The smallest absolute Gasteiger partial charge is 0.339 e. The summed E-state index contributed by atoms with van der Waals surface area (Å²) in [6.07, 6.45) is 14.9. The van der Waals surface area contributed by atoms with E-state index in [-0.39, 0.29) is 30.2 Å². The maximum Gasteiger partial charge on any atom is 0.339 e. The van der Waals surface area contributed by atoms with E-state index in [0.29, 0.717) is 30.8 Å². The molecule has 0 radical (unpaired) electrons. The van der Waals surface area contributed by atoms with Crippen LogP contribution in [-0.2, 0) is 44.2 Å². The monoisotopic (exact) mass is 910 g/mol. The Morgan fingerprint density at radius 1 is 0.844 bits per heavy atom. The topological polar surface area (TPSA) is 167 Å². The van der Waals surface area contributed by atoms with Crippen LogP contribution in [0.4, 0.5) is 0 Å². The summed E-state index contributed by atoms with van der Waals surface area (Å²) in [6.45, 7) is 18.3. The fourth-order valence-corrected chi connectivity index (χ4v) is 8.36. The van der Waals surface area contributed by atoms with Crippen molar-refractivity contribution in [1.29, 1.82) is 0 Å². The van der Waals surface area contributed by atoms with E-state index in [0.717, 1.165) is 44.9 Å².